The number of rotatable bonds is 4. The van der Waals surface area contributed by atoms with Crippen molar-refractivity contribution in [3.8, 4) is 0 Å². The van der Waals surface area contributed by atoms with Crippen LogP contribution in [0.2, 0.25) is 0 Å². The molecule has 0 bridgehead atoms. The minimum atomic E-state index is -0.140. The van der Waals surface area contributed by atoms with Gasteiger partial charge < -0.3 is 9.80 Å². The normalized spacial score (nSPS) is 18.2. The Morgan fingerprint density at radius 1 is 1.00 bits per heavy atom. The van der Waals surface area contributed by atoms with Gasteiger partial charge in [0.25, 0.3) is 5.91 Å². The van der Waals surface area contributed by atoms with Gasteiger partial charge in [-0.1, -0.05) is 30.3 Å². The van der Waals surface area contributed by atoms with Gasteiger partial charge in [0.15, 0.2) is 5.82 Å². The van der Waals surface area contributed by atoms with Crippen LogP contribution in [0.1, 0.15) is 70.6 Å². The van der Waals surface area contributed by atoms with E-state index >= 15 is 0 Å². The predicted octanol–water partition coefficient (Wildman–Crippen LogP) is 4.20. The maximum absolute atomic E-state index is 13.3. The number of carbonyl (C=O) groups excluding carboxylic acids is 1. The fraction of sp³-hybridized carbons (Fsp3) is 0.423. The Morgan fingerprint density at radius 3 is 2.64 bits per heavy atom. The lowest BCUT2D eigenvalue weighted by Crippen LogP contribution is -2.40. The van der Waals surface area contributed by atoms with Gasteiger partial charge in [-0.25, -0.2) is 15.0 Å². The highest BCUT2D eigenvalue weighted by Gasteiger charge is 2.33. The van der Waals surface area contributed by atoms with Crippen LogP contribution in [0.5, 0.6) is 0 Å². The number of aryl methyl sites for hydroxylation is 2. The molecule has 0 N–H and O–H groups in total. The first-order valence-corrected chi connectivity index (χ1v) is 11.9. The summed E-state index contributed by atoms with van der Waals surface area (Å²) in [7, 11) is 0. The van der Waals surface area contributed by atoms with Gasteiger partial charge >= 0.3 is 0 Å². The summed E-state index contributed by atoms with van der Waals surface area (Å²) in [6, 6.07) is 10.4. The number of hydrogen-bond acceptors (Lipinski definition) is 6. The highest BCUT2D eigenvalue weighted by Crippen LogP contribution is 2.34. The quantitative estimate of drug-likeness (QED) is 0.603. The zero-order valence-electron chi connectivity index (χ0n) is 19.4. The van der Waals surface area contributed by atoms with Crippen molar-refractivity contribution in [2.45, 2.75) is 58.5 Å². The first-order valence-electron chi connectivity index (χ1n) is 11.9. The number of carbonyl (C=O) groups is 1. The molecule has 2 aliphatic rings. The maximum Gasteiger partial charge on any atom is 0.274 e. The van der Waals surface area contributed by atoms with Gasteiger partial charge in [0.05, 0.1) is 17.9 Å². The van der Waals surface area contributed by atoms with Crippen molar-refractivity contribution in [2.24, 2.45) is 0 Å². The van der Waals surface area contributed by atoms with E-state index in [1.807, 2.05) is 17.9 Å². The van der Waals surface area contributed by atoms with Crippen molar-refractivity contribution < 1.29 is 4.79 Å². The molecule has 7 heteroatoms. The molecular formula is C26H30N6O. The Kier molecular flexibility index (Phi) is 6.03. The number of piperidine rings is 1. The van der Waals surface area contributed by atoms with Crippen LogP contribution in [0.3, 0.4) is 0 Å². The number of fused-ring (bicyclic) bond motifs is 1. The van der Waals surface area contributed by atoms with E-state index in [-0.39, 0.29) is 11.9 Å². The zero-order chi connectivity index (χ0) is 22.8. The van der Waals surface area contributed by atoms with Crippen LogP contribution in [0.15, 0.2) is 42.7 Å². The second kappa shape index (κ2) is 9.25. The Bertz CT molecular complexity index is 1130. The summed E-state index contributed by atoms with van der Waals surface area (Å²) in [5.74, 6) is 1.69. The predicted molar refractivity (Wildman–Crippen MR) is 127 cm³/mol. The van der Waals surface area contributed by atoms with Gasteiger partial charge in [-0.15, -0.1) is 0 Å². The molecular weight excluding hydrogens is 412 g/mol. The molecule has 2 aromatic heterocycles. The number of anilines is 1. The van der Waals surface area contributed by atoms with Crippen LogP contribution in [-0.4, -0.2) is 43.8 Å². The summed E-state index contributed by atoms with van der Waals surface area (Å²) in [6.07, 6.45) is 8.22. The SMILES string of the molecule is Cc1cnc(C(=O)N2CCCC[C@H]2c2nc(C)c3c(n2)N(Cc2ccccc2)CCC3)cn1. The topological polar surface area (TPSA) is 75.1 Å². The smallest absolute Gasteiger partial charge is 0.274 e. The van der Waals surface area contributed by atoms with Crippen LogP contribution >= 0.6 is 0 Å². The molecule has 3 aromatic rings. The third-order valence-corrected chi connectivity index (χ3v) is 6.64. The van der Waals surface area contributed by atoms with Crippen molar-refractivity contribution in [1.29, 1.82) is 0 Å². The maximum atomic E-state index is 13.3. The van der Waals surface area contributed by atoms with Crippen molar-refractivity contribution in [3.63, 3.8) is 0 Å². The lowest BCUT2D eigenvalue weighted by molar-refractivity contribution is 0.0593. The first-order chi connectivity index (χ1) is 16.1. The summed E-state index contributed by atoms with van der Waals surface area (Å²) in [6.45, 7) is 6.44. The standard InChI is InChI=1S/C26H30N6O/c1-18-15-28-22(16-27-18)26(33)32-14-7-6-12-23(32)24-29-19(2)21-11-8-13-31(25(21)30-24)17-20-9-4-3-5-10-20/h3-5,9-10,15-16,23H,6-8,11-14,17H2,1-2H3/t23-/m0/s1. The molecule has 170 valence electrons. The van der Waals surface area contributed by atoms with Crippen molar-refractivity contribution in [1.82, 2.24) is 24.8 Å². The Morgan fingerprint density at radius 2 is 1.85 bits per heavy atom. The lowest BCUT2D eigenvalue weighted by Gasteiger charge is -2.36. The van der Waals surface area contributed by atoms with E-state index in [4.69, 9.17) is 9.97 Å². The molecule has 0 aliphatic carbocycles. The molecule has 1 fully saturated rings. The van der Waals surface area contributed by atoms with Crippen LogP contribution < -0.4 is 4.90 Å². The molecule has 1 aromatic carbocycles. The Hall–Kier alpha value is -3.35. The highest BCUT2D eigenvalue weighted by molar-refractivity contribution is 5.92. The minimum Gasteiger partial charge on any atom is -0.352 e. The second-order valence-corrected chi connectivity index (χ2v) is 9.03. The summed E-state index contributed by atoms with van der Waals surface area (Å²) >= 11 is 0. The monoisotopic (exact) mass is 442 g/mol. The Labute approximate surface area is 194 Å². The average Bonchev–Trinajstić information content (AvgIpc) is 2.85. The van der Waals surface area contributed by atoms with E-state index in [1.54, 1.807) is 12.4 Å². The third kappa shape index (κ3) is 4.45. The molecule has 0 radical (unpaired) electrons. The first kappa shape index (κ1) is 21.5. The Balaban J connectivity index is 1.47. The number of hydrogen-bond donors (Lipinski definition) is 0. The molecule has 1 atom stereocenters. The van der Waals surface area contributed by atoms with Gasteiger partial charge in [-0.3, -0.25) is 9.78 Å². The summed E-state index contributed by atoms with van der Waals surface area (Å²) < 4.78 is 0. The fourth-order valence-electron chi connectivity index (χ4n) is 4.91. The lowest BCUT2D eigenvalue weighted by atomic mass is 9.99. The molecule has 0 spiro atoms. The highest BCUT2D eigenvalue weighted by atomic mass is 16.2. The summed E-state index contributed by atoms with van der Waals surface area (Å²) in [5, 5.41) is 0. The van der Waals surface area contributed by atoms with E-state index < -0.39 is 0 Å². The number of aromatic nitrogens is 4. The number of benzene rings is 1. The molecule has 1 saturated heterocycles. The van der Waals surface area contributed by atoms with Crippen molar-refractivity contribution >= 4 is 11.7 Å². The van der Waals surface area contributed by atoms with Crippen LogP contribution in [0, 0.1) is 13.8 Å². The van der Waals surface area contributed by atoms with Gasteiger partial charge in [0, 0.05) is 37.1 Å². The molecule has 1 amide bonds. The molecule has 4 heterocycles. The van der Waals surface area contributed by atoms with Crippen LogP contribution in [0.4, 0.5) is 5.82 Å². The average molecular weight is 443 g/mol. The summed E-state index contributed by atoms with van der Waals surface area (Å²) in [5.41, 5.74) is 4.72. The zero-order valence-corrected chi connectivity index (χ0v) is 19.4. The molecule has 7 nitrogen and oxygen atoms in total. The largest absolute Gasteiger partial charge is 0.352 e. The van der Waals surface area contributed by atoms with Crippen LogP contribution in [0.25, 0.3) is 0 Å². The van der Waals surface area contributed by atoms with E-state index in [0.717, 1.165) is 68.2 Å². The van der Waals surface area contributed by atoms with Gasteiger partial charge in [0.2, 0.25) is 0 Å². The van der Waals surface area contributed by atoms with E-state index in [9.17, 15) is 4.79 Å². The number of nitrogens with zero attached hydrogens (tertiary/aromatic N) is 6. The molecule has 0 saturated carbocycles. The fourth-order valence-corrected chi connectivity index (χ4v) is 4.91. The summed E-state index contributed by atoms with van der Waals surface area (Å²) in [4.78, 5) is 36.2. The molecule has 0 unspecified atom stereocenters. The molecule has 5 rings (SSSR count). The van der Waals surface area contributed by atoms with Crippen molar-refractivity contribution in [2.75, 3.05) is 18.0 Å². The van der Waals surface area contributed by atoms with E-state index in [0.29, 0.717) is 12.2 Å². The number of likely N-dealkylation sites (tertiary alicyclic amines) is 1. The van der Waals surface area contributed by atoms with Gasteiger partial charge in [-0.2, -0.15) is 0 Å². The number of amides is 1. The second-order valence-electron chi connectivity index (χ2n) is 9.03. The molecule has 33 heavy (non-hydrogen) atoms. The molecule has 2 aliphatic heterocycles. The van der Waals surface area contributed by atoms with Gasteiger partial charge in [-0.05, 0) is 51.5 Å². The third-order valence-electron chi connectivity index (χ3n) is 6.64. The van der Waals surface area contributed by atoms with Gasteiger partial charge in [0.1, 0.15) is 11.5 Å². The van der Waals surface area contributed by atoms with E-state index in [1.165, 1.54) is 11.1 Å². The van der Waals surface area contributed by atoms with E-state index in [2.05, 4.69) is 46.1 Å². The minimum absolute atomic E-state index is 0.0904. The van der Waals surface area contributed by atoms with Crippen molar-refractivity contribution in [3.05, 3.63) is 76.8 Å². The van der Waals surface area contributed by atoms with Crippen LogP contribution in [-0.2, 0) is 13.0 Å².